The van der Waals surface area contributed by atoms with Gasteiger partial charge in [0.2, 0.25) is 0 Å². The molecule has 0 aliphatic rings. The highest BCUT2D eigenvalue weighted by Crippen LogP contribution is 2.37. The van der Waals surface area contributed by atoms with Crippen LogP contribution < -0.4 is 11.1 Å². The van der Waals surface area contributed by atoms with Crippen molar-refractivity contribution in [2.75, 3.05) is 18.9 Å². The Labute approximate surface area is 153 Å². The van der Waals surface area contributed by atoms with Crippen molar-refractivity contribution in [1.82, 2.24) is 15.3 Å². The maximum absolute atomic E-state index is 12.1. The number of hydrogen-bond donors (Lipinski definition) is 3. The summed E-state index contributed by atoms with van der Waals surface area (Å²) in [4.78, 5) is 20.5. The lowest BCUT2D eigenvalue weighted by Crippen LogP contribution is -2.26. The fourth-order valence-electron chi connectivity index (χ4n) is 2.88. The first-order chi connectivity index (χ1) is 12.7. The number of carbonyl (C=O) groups is 1. The van der Waals surface area contributed by atoms with E-state index >= 15 is 0 Å². The molecule has 1 amide bonds. The number of amides is 1. The molecule has 0 aliphatic carbocycles. The predicted molar refractivity (Wildman–Crippen MR) is 104 cm³/mol. The summed E-state index contributed by atoms with van der Waals surface area (Å²) in [5.74, 6) is 0.284. The molecule has 4 rings (SSSR count). The number of aliphatic hydroxyl groups excluding tert-OH is 1. The lowest BCUT2D eigenvalue weighted by molar-refractivity contribution is 0.0945. The van der Waals surface area contributed by atoms with E-state index in [1.54, 1.807) is 17.4 Å². The highest BCUT2D eigenvalue weighted by molar-refractivity contribution is 7.26. The molecule has 7 heteroatoms. The van der Waals surface area contributed by atoms with Gasteiger partial charge in [-0.1, -0.05) is 24.3 Å². The zero-order valence-electron chi connectivity index (χ0n) is 13.8. The topological polar surface area (TPSA) is 101 Å². The number of rotatable bonds is 4. The third-order valence-corrected chi connectivity index (χ3v) is 5.30. The molecule has 0 saturated carbocycles. The van der Waals surface area contributed by atoms with Crippen LogP contribution in [0.2, 0.25) is 0 Å². The van der Waals surface area contributed by atoms with E-state index in [0.717, 1.165) is 31.4 Å². The van der Waals surface area contributed by atoms with Crippen molar-refractivity contribution in [2.24, 2.45) is 0 Å². The molecule has 2 aromatic carbocycles. The van der Waals surface area contributed by atoms with Gasteiger partial charge in [-0.25, -0.2) is 9.97 Å². The summed E-state index contributed by atoms with van der Waals surface area (Å²) < 4.78 is 1.96. The lowest BCUT2D eigenvalue weighted by Gasteiger charge is -2.06. The van der Waals surface area contributed by atoms with Crippen LogP contribution >= 0.6 is 11.3 Å². The average Bonchev–Trinajstić information content (AvgIpc) is 3.05. The number of nitrogens with one attached hydrogen (secondary N) is 1. The summed E-state index contributed by atoms with van der Waals surface area (Å²) >= 11 is 1.56. The van der Waals surface area contributed by atoms with Gasteiger partial charge in [-0.2, -0.15) is 0 Å². The van der Waals surface area contributed by atoms with E-state index < -0.39 is 0 Å². The van der Waals surface area contributed by atoms with Gasteiger partial charge in [-0.05, 0) is 29.3 Å². The molecule has 0 saturated heterocycles. The summed E-state index contributed by atoms with van der Waals surface area (Å²) in [6.45, 7) is 0.152. The Balaban J connectivity index is 1.76. The molecule has 6 nitrogen and oxygen atoms in total. The van der Waals surface area contributed by atoms with Crippen molar-refractivity contribution in [3.63, 3.8) is 0 Å². The quantitative estimate of drug-likeness (QED) is 0.517. The molecule has 4 N–H and O–H groups in total. The zero-order valence-corrected chi connectivity index (χ0v) is 14.6. The van der Waals surface area contributed by atoms with E-state index in [9.17, 15) is 4.79 Å². The van der Waals surface area contributed by atoms with Crippen molar-refractivity contribution in [3.8, 4) is 11.1 Å². The number of nitrogens with two attached hydrogens (primary N) is 1. The normalized spacial score (nSPS) is 11.1. The molecule has 0 bridgehead atoms. The van der Waals surface area contributed by atoms with E-state index in [1.807, 2.05) is 30.3 Å². The number of carbonyl (C=O) groups excluding carboxylic acids is 1. The Bertz CT molecular complexity index is 1120. The molecule has 0 radical (unpaired) electrons. The Kier molecular flexibility index (Phi) is 4.24. The van der Waals surface area contributed by atoms with E-state index in [2.05, 4.69) is 21.4 Å². The van der Waals surface area contributed by atoms with Crippen LogP contribution in [0.25, 0.3) is 31.4 Å². The number of thiophene rings is 1. The van der Waals surface area contributed by atoms with Crippen LogP contribution in [0, 0.1) is 0 Å². The molecule has 0 aliphatic heterocycles. The number of nitrogens with zero attached hydrogens (tertiary/aromatic N) is 2. The van der Waals surface area contributed by atoms with E-state index in [0.29, 0.717) is 11.4 Å². The van der Waals surface area contributed by atoms with Crippen molar-refractivity contribution < 1.29 is 9.90 Å². The number of nitrogen functional groups attached to an aromatic ring is 1. The molecule has 0 atom stereocenters. The van der Waals surface area contributed by atoms with E-state index in [-0.39, 0.29) is 19.1 Å². The van der Waals surface area contributed by atoms with Gasteiger partial charge in [0.15, 0.2) is 0 Å². The smallest absolute Gasteiger partial charge is 0.251 e. The minimum absolute atomic E-state index is 0.0833. The molecular weight excluding hydrogens is 348 g/mol. The molecule has 0 unspecified atom stereocenters. The largest absolute Gasteiger partial charge is 0.395 e. The molecule has 0 fully saturated rings. The summed E-state index contributed by atoms with van der Waals surface area (Å²) in [6, 6.07) is 13.5. The molecular formula is C19H16N4O2S. The van der Waals surface area contributed by atoms with Gasteiger partial charge < -0.3 is 16.2 Å². The number of fused-ring (bicyclic) bond motifs is 3. The third kappa shape index (κ3) is 2.87. The number of aliphatic hydroxyl groups is 1. The predicted octanol–water partition coefficient (Wildman–Crippen LogP) is 2.82. The number of hydrogen-bond acceptors (Lipinski definition) is 6. The first kappa shape index (κ1) is 16.4. The fourth-order valence-corrected chi connectivity index (χ4v) is 3.98. The SMILES string of the molecule is Nc1ncnc2c1sc1cc(-c3cccc(C(=O)NCCO)c3)ccc12. The Morgan fingerprint density at radius 2 is 2.00 bits per heavy atom. The van der Waals surface area contributed by atoms with Crippen LogP contribution in [0.15, 0.2) is 48.8 Å². The Morgan fingerprint density at radius 1 is 1.15 bits per heavy atom. The Hall–Kier alpha value is -3.03. The molecule has 2 heterocycles. The third-order valence-electron chi connectivity index (χ3n) is 4.14. The second-order valence-electron chi connectivity index (χ2n) is 5.81. The van der Waals surface area contributed by atoms with Crippen molar-refractivity contribution in [1.29, 1.82) is 0 Å². The van der Waals surface area contributed by atoms with Gasteiger partial charge in [-0.15, -0.1) is 11.3 Å². The maximum Gasteiger partial charge on any atom is 0.251 e. The van der Waals surface area contributed by atoms with Gasteiger partial charge >= 0.3 is 0 Å². The van der Waals surface area contributed by atoms with Gasteiger partial charge in [0.25, 0.3) is 5.91 Å². The van der Waals surface area contributed by atoms with Crippen LogP contribution in [0.4, 0.5) is 5.82 Å². The Morgan fingerprint density at radius 3 is 2.85 bits per heavy atom. The van der Waals surface area contributed by atoms with Crippen molar-refractivity contribution in [2.45, 2.75) is 0 Å². The highest BCUT2D eigenvalue weighted by atomic mass is 32.1. The number of benzene rings is 2. The minimum atomic E-state index is -0.202. The van der Waals surface area contributed by atoms with Crippen LogP contribution in [0.5, 0.6) is 0 Å². The average molecular weight is 364 g/mol. The van der Waals surface area contributed by atoms with Crippen LogP contribution in [0.1, 0.15) is 10.4 Å². The fraction of sp³-hybridized carbons (Fsp3) is 0.105. The summed E-state index contributed by atoms with van der Waals surface area (Å²) in [7, 11) is 0. The monoisotopic (exact) mass is 364 g/mol. The van der Waals surface area contributed by atoms with E-state index in [4.69, 9.17) is 10.8 Å². The molecule has 130 valence electrons. The second-order valence-corrected chi connectivity index (χ2v) is 6.86. The molecule has 2 aromatic heterocycles. The molecule has 26 heavy (non-hydrogen) atoms. The van der Waals surface area contributed by atoms with Gasteiger partial charge in [-0.3, -0.25) is 4.79 Å². The number of aromatic nitrogens is 2. The van der Waals surface area contributed by atoms with Crippen LogP contribution in [-0.4, -0.2) is 34.1 Å². The zero-order chi connectivity index (χ0) is 18.1. The summed E-state index contributed by atoms with van der Waals surface area (Å²) in [5.41, 5.74) is 9.33. The van der Waals surface area contributed by atoms with Crippen molar-refractivity contribution >= 4 is 43.4 Å². The molecule has 4 aromatic rings. The van der Waals surface area contributed by atoms with E-state index in [1.165, 1.54) is 6.33 Å². The van der Waals surface area contributed by atoms with Crippen molar-refractivity contribution in [3.05, 3.63) is 54.4 Å². The summed E-state index contributed by atoms with van der Waals surface area (Å²) in [6.07, 6.45) is 1.48. The first-order valence-electron chi connectivity index (χ1n) is 8.09. The standard InChI is InChI=1S/C19H16N4O2S/c20-18-17-16(22-10-23-18)14-5-4-12(9-15(14)26-17)11-2-1-3-13(8-11)19(25)21-6-7-24/h1-5,8-10,24H,6-7H2,(H,21,25)(H2,20,22,23). The molecule has 0 spiro atoms. The van der Waals surface area contributed by atoms with Crippen LogP contribution in [0.3, 0.4) is 0 Å². The van der Waals surface area contributed by atoms with Crippen LogP contribution in [-0.2, 0) is 0 Å². The minimum Gasteiger partial charge on any atom is -0.395 e. The maximum atomic E-state index is 12.1. The lowest BCUT2D eigenvalue weighted by atomic mass is 10.0. The second kappa shape index (κ2) is 6.70. The highest BCUT2D eigenvalue weighted by Gasteiger charge is 2.11. The first-order valence-corrected chi connectivity index (χ1v) is 8.91. The van der Waals surface area contributed by atoms with Gasteiger partial charge in [0.1, 0.15) is 12.1 Å². The van der Waals surface area contributed by atoms with Gasteiger partial charge in [0.05, 0.1) is 16.8 Å². The summed E-state index contributed by atoms with van der Waals surface area (Å²) in [5, 5.41) is 12.5. The van der Waals surface area contributed by atoms with Gasteiger partial charge in [0, 0.05) is 22.2 Å². The number of anilines is 1.